The van der Waals surface area contributed by atoms with Crippen molar-refractivity contribution in [2.75, 3.05) is 18.4 Å². The van der Waals surface area contributed by atoms with Crippen molar-refractivity contribution < 1.29 is 4.79 Å². The lowest BCUT2D eigenvalue weighted by atomic mass is 9.86. The molecule has 0 unspecified atom stereocenters. The fourth-order valence-electron chi connectivity index (χ4n) is 5.51. The molecular weight excluding hydrogens is 478 g/mol. The van der Waals surface area contributed by atoms with E-state index in [2.05, 4.69) is 70.2 Å². The van der Waals surface area contributed by atoms with Crippen molar-refractivity contribution in [2.24, 2.45) is 10.8 Å². The summed E-state index contributed by atoms with van der Waals surface area (Å²) in [5.74, 6) is 0.374. The summed E-state index contributed by atoms with van der Waals surface area (Å²) in [5, 5.41) is 4.63. The lowest BCUT2D eigenvalue weighted by Crippen LogP contribution is -2.40. The Labute approximate surface area is 222 Å². The second kappa shape index (κ2) is 9.28. The third-order valence-electron chi connectivity index (χ3n) is 7.87. The summed E-state index contributed by atoms with van der Waals surface area (Å²) in [6.45, 7) is 8.33. The number of hydrogen-bond acceptors (Lipinski definition) is 5. The highest BCUT2D eigenvalue weighted by atomic mass is 32.1. The second-order valence-corrected chi connectivity index (χ2v) is 12.8. The van der Waals surface area contributed by atoms with Crippen LogP contribution in [-0.2, 0) is 4.79 Å². The average molecular weight is 514 g/mol. The van der Waals surface area contributed by atoms with Gasteiger partial charge < -0.3 is 15.2 Å². The topological polar surface area (TPSA) is 73.9 Å². The van der Waals surface area contributed by atoms with E-state index in [9.17, 15) is 4.79 Å². The molecule has 2 aliphatic rings. The van der Waals surface area contributed by atoms with E-state index in [-0.39, 0.29) is 5.41 Å². The highest BCUT2D eigenvalue weighted by Gasteiger charge is 2.50. The number of benzene rings is 1. The van der Waals surface area contributed by atoms with Crippen LogP contribution in [0.1, 0.15) is 65.0 Å². The Morgan fingerprint density at radius 2 is 2.05 bits per heavy atom. The summed E-state index contributed by atoms with van der Waals surface area (Å²) in [7, 11) is 0. The van der Waals surface area contributed by atoms with Gasteiger partial charge in [0.1, 0.15) is 5.65 Å². The zero-order chi connectivity index (χ0) is 25.6. The minimum Gasteiger partial charge on any atom is -0.355 e. The van der Waals surface area contributed by atoms with Gasteiger partial charge >= 0.3 is 0 Å². The van der Waals surface area contributed by atoms with Crippen LogP contribution in [0.25, 0.3) is 26.8 Å². The number of rotatable bonds is 7. The van der Waals surface area contributed by atoms with Gasteiger partial charge in [-0.15, -0.1) is 11.3 Å². The Morgan fingerprint density at radius 1 is 1.19 bits per heavy atom. The molecule has 6 rings (SSSR count). The minimum atomic E-state index is -0.0790. The number of aromatic amines is 1. The first-order valence-electron chi connectivity index (χ1n) is 13.4. The third-order valence-corrected chi connectivity index (χ3v) is 8.67. The number of nitrogens with one attached hydrogen (secondary N) is 2. The molecule has 3 aromatic heterocycles. The van der Waals surface area contributed by atoms with Gasteiger partial charge in [-0.25, -0.2) is 9.97 Å². The molecule has 37 heavy (non-hydrogen) atoms. The van der Waals surface area contributed by atoms with Gasteiger partial charge in [0.25, 0.3) is 0 Å². The monoisotopic (exact) mass is 513 g/mol. The summed E-state index contributed by atoms with van der Waals surface area (Å²) < 4.78 is 1.17. The number of amides is 1. The summed E-state index contributed by atoms with van der Waals surface area (Å²) >= 11 is 1.65. The third kappa shape index (κ3) is 5.01. The van der Waals surface area contributed by atoms with Gasteiger partial charge in [0.2, 0.25) is 5.91 Å². The van der Waals surface area contributed by atoms with Gasteiger partial charge in [-0.2, -0.15) is 0 Å². The summed E-state index contributed by atoms with van der Waals surface area (Å²) in [4.78, 5) is 27.9. The van der Waals surface area contributed by atoms with Crippen LogP contribution >= 0.6 is 11.3 Å². The van der Waals surface area contributed by atoms with E-state index in [0.29, 0.717) is 17.9 Å². The summed E-state index contributed by atoms with van der Waals surface area (Å²) in [5.41, 5.74) is 8.44. The van der Waals surface area contributed by atoms with Crippen LogP contribution in [0.5, 0.6) is 0 Å². The van der Waals surface area contributed by atoms with Crippen molar-refractivity contribution in [3.63, 3.8) is 0 Å². The number of hydrogen-bond donors (Lipinski definition) is 2. The first-order valence-corrected chi connectivity index (χ1v) is 14.2. The Kier molecular flexibility index (Phi) is 6.06. The predicted octanol–water partition coefficient (Wildman–Crippen LogP) is 7.53. The maximum Gasteiger partial charge on any atom is 0.229 e. The molecule has 1 aromatic carbocycles. The number of nitrogens with zero attached hydrogens (tertiary/aromatic N) is 3. The quantitative estimate of drug-likeness (QED) is 0.268. The fourth-order valence-corrected chi connectivity index (χ4v) is 6.23. The van der Waals surface area contributed by atoms with E-state index in [0.717, 1.165) is 72.3 Å². The normalized spacial score (nSPS) is 17.3. The van der Waals surface area contributed by atoms with Crippen molar-refractivity contribution in [1.29, 1.82) is 0 Å². The first kappa shape index (κ1) is 24.2. The molecule has 1 fully saturated rings. The summed E-state index contributed by atoms with van der Waals surface area (Å²) in [6, 6.07) is 10.4. The van der Waals surface area contributed by atoms with Crippen molar-refractivity contribution in [3.8, 4) is 0 Å². The molecule has 1 saturated carbocycles. The maximum absolute atomic E-state index is 13.4. The molecule has 4 heterocycles. The molecular formula is C30H35N5OS. The number of H-pyrrole nitrogens is 1. The largest absolute Gasteiger partial charge is 0.355 e. The molecule has 0 spiro atoms. The van der Waals surface area contributed by atoms with Gasteiger partial charge in [-0.05, 0) is 73.4 Å². The van der Waals surface area contributed by atoms with E-state index in [4.69, 9.17) is 0 Å². The van der Waals surface area contributed by atoms with Crippen molar-refractivity contribution in [1.82, 2.24) is 19.9 Å². The molecule has 0 radical (unpaired) electrons. The van der Waals surface area contributed by atoms with E-state index in [1.807, 2.05) is 23.8 Å². The zero-order valence-electron chi connectivity index (χ0n) is 21.9. The molecule has 0 saturated heterocycles. The molecule has 1 aliphatic heterocycles. The number of pyridine rings is 1. The molecule has 0 bridgehead atoms. The van der Waals surface area contributed by atoms with Gasteiger partial charge in [0.05, 0.1) is 21.4 Å². The molecule has 0 atom stereocenters. The number of fused-ring (bicyclic) bond motifs is 2. The number of carbonyl (C=O) groups is 1. The van der Waals surface area contributed by atoms with E-state index in [1.54, 1.807) is 11.3 Å². The number of aromatic nitrogens is 3. The Bertz CT molecular complexity index is 1490. The molecule has 192 valence electrons. The lowest BCUT2D eigenvalue weighted by Gasteiger charge is -2.30. The second-order valence-electron chi connectivity index (χ2n) is 11.9. The lowest BCUT2D eigenvalue weighted by molar-refractivity contribution is -0.137. The van der Waals surface area contributed by atoms with Gasteiger partial charge in [-0.3, -0.25) is 4.79 Å². The highest BCUT2D eigenvalue weighted by Crippen LogP contribution is 2.52. The Hall–Kier alpha value is -3.19. The van der Waals surface area contributed by atoms with Crippen molar-refractivity contribution in [3.05, 3.63) is 53.8 Å². The van der Waals surface area contributed by atoms with Crippen LogP contribution in [-0.4, -0.2) is 38.8 Å². The van der Waals surface area contributed by atoms with E-state index in [1.165, 1.54) is 16.7 Å². The van der Waals surface area contributed by atoms with E-state index >= 15 is 0 Å². The van der Waals surface area contributed by atoms with Crippen LogP contribution in [0.3, 0.4) is 0 Å². The predicted molar refractivity (Wildman–Crippen MR) is 153 cm³/mol. The molecule has 6 nitrogen and oxygen atoms in total. The van der Waals surface area contributed by atoms with Crippen LogP contribution < -0.4 is 5.32 Å². The SMILES string of the molecule is CC(C)(C)CCCC1(C(=O)N2CC=C(c3cc4c(Nc5ccc6ncsc6c5)ccnc4[nH]3)CC2)CC1. The standard InChI is InChI=1S/C30H35N5OS/c1-29(2,3)10-4-11-30(12-13-30)28(36)35-15-8-20(9-16-35)25-18-22-23(7-14-31-27(22)34-25)33-21-5-6-24-26(17-21)37-19-32-24/h5-8,14,17-19H,4,9-13,15-16H2,1-3H3,(H2,31,33,34). The maximum atomic E-state index is 13.4. The fraction of sp³-hybridized carbons (Fsp3) is 0.433. The highest BCUT2D eigenvalue weighted by molar-refractivity contribution is 7.16. The smallest absolute Gasteiger partial charge is 0.229 e. The van der Waals surface area contributed by atoms with Crippen LogP contribution in [0.4, 0.5) is 11.4 Å². The molecule has 1 aliphatic carbocycles. The molecule has 4 aromatic rings. The van der Waals surface area contributed by atoms with Crippen LogP contribution in [0, 0.1) is 10.8 Å². The molecule has 7 heteroatoms. The number of anilines is 2. The van der Waals surface area contributed by atoms with Crippen LogP contribution in [0.15, 0.2) is 48.1 Å². The Balaban J connectivity index is 1.15. The number of thiazole rings is 1. The Morgan fingerprint density at radius 3 is 2.81 bits per heavy atom. The zero-order valence-corrected chi connectivity index (χ0v) is 22.8. The number of carbonyl (C=O) groups excluding carboxylic acids is 1. The molecule has 2 N–H and O–H groups in total. The van der Waals surface area contributed by atoms with E-state index < -0.39 is 0 Å². The summed E-state index contributed by atoms with van der Waals surface area (Å²) in [6.07, 6.45) is 10.4. The van der Waals surface area contributed by atoms with Gasteiger partial charge in [0.15, 0.2) is 0 Å². The van der Waals surface area contributed by atoms with Crippen molar-refractivity contribution >= 4 is 55.4 Å². The average Bonchev–Trinajstić information content (AvgIpc) is 3.30. The van der Waals surface area contributed by atoms with Crippen LogP contribution in [0.2, 0.25) is 0 Å². The van der Waals surface area contributed by atoms with Crippen molar-refractivity contribution in [2.45, 2.75) is 59.3 Å². The molecule has 1 amide bonds. The first-order chi connectivity index (χ1) is 17.8. The minimum absolute atomic E-state index is 0.0790. The van der Waals surface area contributed by atoms with Gasteiger partial charge in [0, 0.05) is 41.5 Å². The van der Waals surface area contributed by atoms with Gasteiger partial charge in [-0.1, -0.05) is 33.3 Å².